The molecule has 24 heavy (non-hydrogen) atoms. The van der Waals surface area contributed by atoms with Gasteiger partial charge >= 0.3 is 5.97 Å². The van der Waals surface area contributed by atoms with E-state index in [1.54, 1.807) is 44.6 Å². The predicted molar refractivity (Wildman–Crippen MR) is 89.8 cm³/mol. The van der Waals surface area contributed by atoms with Gasteiger partial charge in [-0.1, -0.05) is 6.07 Å². The van der Waals surface area contributed by atoms with Crippen LogP contribution >= 0.6 is 0 Å². The van der Waals surface area contributed by atoms with Crippen LogP contribution in [0.5, 0.6) is 11.5 Å². The molecule has 0 radical (unpaired) electrons. The van der Waals surface area contributed by atoms with Crippen molar-refractivity contribution in [3.8, 4) is 11.5 Å². The van der Waals surface area contributed by atoms with Crippen LogP contribution in [0.4, 0.5) is 0 Å². The Morgan fingerprint density at radius 3 is 2.79 bits per heavy atom. The van der Waals surface area contributed by atoms with Crippen LogP contribution in [0.15, 0.2) is 36.7 Å². The molecule has 0 N–H and O–H groups in total. The lowest BCUT2D eigenvalue weighted by Crippen LogP contribution is -2.01. The standard InChI is InChI=1S/C18H20N2O4/c1-4-23-18(21)8-6-14-5-7-16(17(9-14)22-3)24-12-15-11-19-10-13(2)20-15/h5-11H,4,12H2,1-3H3/b8-6+. The van der Waals surface area contributed by atoms with Crippen LogP contribution in [-0.4, -0.2) is 29.7 Å². The molecular weight excluding hydrogens is 308 g/mol. The van der Waals surface area contributed by atoms with Crippen molar-refractivity contribution >= 4 is 12.0 Å². The van der Waals surface area contributed by atoms with Crippen molar-refractivity contribution in [3.63, 3.8) is 0 Å². The normalized spacial score (nSPS) is 10.6. The van der Waals surface area contributed by atoms with Crippen LogP contribution in [0.3, 0.4) is 0 Å². The SMILES string of the molecule is CCOC(=O)/C=C/c1ccc(OCc2cncc(C)n2)c(OC)c1. The monoisotopic (exact) mass is 328 g/mol. The zero-order chi connectivity index (χ0) is 17.4. The largest absolute Gasteiger partial charge is 0.493 e. The maximum Gasteiger partial charge on any atom is 0.330 e. The number of methoxy groups -OCH3 is 1. The first-order valence-corrected chi connectivity index (χ1v) is 7.55. The summed E-state index contributed by atoms with van der Waals surface area (Å²) in [5.41, 5.74) is 2.38. The predicted octanol–water partition coefficient (Wildman–Crippen LogP) is 2.95. The number of carbonyl (C=O) groups excluding carboxylic acids is 1. The second kappa shape index (κ2) is 8.67. The van der Waals surface area contributed by atoms with Gasteiger partial charge in [-0.15, -0.1) is 0 Å². The van der Waals surface area contributed by atoms with E-state index in [0.717, 1.165) is 17.0 Å². The van der Waals surface area contributed by atoms with E-state index in [1.165, 1.54) is 6.08 Å². The molecule has 126 valence electrons. The number of aromatic nitrogens is 2. The number of hydrogen-bond donors (Lipinski definition) is 0. The molecule has 0 aliphatic carbocycles. The average Bonchev–Trinajstić information content (AvgIpc) is 2.58. The summed E-state index contributed by atoms with van der Waals surface area (Å²) in [6, 6.07) is 5.40. The first-order chi connectivity index (χ1) is 11.6. The van der Waals surface area contributed by atoms with Gasteiger partial charge in [0.2, 0.25) is 0 Å². The molecule has 1 heterocycles. The third-order valence-electron chi connectivity index (χ3n) is 3.07. The van der Waals surface area contributed by atoms with Crippen LogP contribution in [0, 0.1) is 6.92 Å². The molecule has 0 bridgehead atoms. The lowest BCUT2D eigenvalue weighted by molar-refractivity contribution is -0.137. The summed E-state index contributed by atoms with van der Waals surface area (Å²) in [5.74, 6) is 0.783. The van der Waals surface area contributed by atoms with E-state index in [9.17, 15) is 4.79 Å². The zero-order valence-corrected chi connectivity index (χ0v) is 14.0. The Morgan fingerprint density at radius 2 is 2.08 bits per heavy atom. The molecule has 0 saturated heterocycles. The molecule has 0 atom stereocenters. The second-order valence-corrected chi connectivity index (χ2v) is 4.94. The summed E-state index contributed by atoms with van der Waals surface area (Å²) >= 11 is 0. The van der Waals surface area contributed by atoms with Gasteiger partial charge in [-0.25, -0.2) is 4.79 Å². The minimum Gasteiger partial charge on any atom is -0.493 e. The fourth-order valence-electron chi connectivity index (χ4n) is 2.00. The van der Waals surface area contributed by atoms with Gasteiger partial charge in [0, 0.05) is 12.3 Å². The Balaban J connectivity index is 2.07. The van der Waals surface area contributed by atoms with Gasteiger partial charge < -0.3 is 14.2 Å². The van der Waals surface area contributed by atoms with Gasteiger partial charge in [-0.2, -0.15) is 0 Å². The highest BCUT2D eigenvalue weighted by Crippen LogP contribution is 2.29. The first-order valence-electron chi connectivity index (χ1n) is 7.55. The van der Waals surface area contributed by atoms with E-state index in [2.05, 4.69) is 9.97 Å². The van der Waals surface area contributed by atoms with E-state index in [0.29, 0.717) is 24.7 Å². The molecular formula is C18H20N2O4. The van der Waals surface area contributed by atoms with Crippen LogP contribution in [0.25, 0.3) is 6.08 Å². The van der Waals surface area contributed by atoms with E-state index >= 15 is 0 Å². The fourth-order valence-corrected chi connectivity index (χ4v) is 2.00. The minimum atomic E-state index is -0.380. The molecule has 0 aliphatic rings. The number of benzene rings is 1. The van der Waals surface area contributed by atoms with Crippen LogP contribution in [0.2, 0.25) is 0 Å². The third-order valence-corrected chi connectivity index (χ3v) is 3.07. The van der Waals surface area contributed by atoms with E-state index < -0.39 is 0 Å². The van der Waals surface area contributed by atoms with Crippen LogP contribution in [-0.2, 0) is 16.1 Å². The third kappa shape index (κ3) is 5.08. The molecule has 6 heteroatoms. The highest BCUT2D eigenvalue weighted by molar-refractivity contribution is 5.87. The summed E-state index contributed by atoms with van der Waals surface area (Å²) in [7, 11) is 1.56. The molecule has 2 aromatic rings. The lowest BCUT2D eigenvalue weighted by atomic mass is 10.2. The highest BCUT2D eigenvalue weighted by Gasteiger charge is 2.06. The average molecular weight is 328 g/mol. The van der Waals surface area contributed by atoms with Gasteiger partial charge in [0.15, 0.2) is 11.5 Å². The molecule has 0 fully saturated rings. The summed E-state index contributed by atoms with van der Waals surface area (Å²) in [6.07, 6.45) is 6.39. The van der Waals surface area contributed by atoms with Gasteiger partial charge in [0.25, 0.3) is 0 Å². The first kappa shape index (κ1) is 17.5. The number of ether oxygens (including phenoxy) is 3. The van der Waals surface area contributed by atoms with Crippen molar-refractivity contribution in [2.75, 3.05) is 13.7 Å². The number of hydrogen-bond acceptors (Lipinski definition) is 6. The summed E-state index contributed by atoms with van der Waals surface area (Å²) in [5, 5.41) is 0. The van der Waals surface area contributed by atoms with Crippen LogP contribution < -0.4 is 9.47 Å². The molecule has 0 aliphatic heterocycles. The fraction of sp³-hybridized carbons (Fsp3) is 0.278. The molecule has 1 aromatic heterocycles. The smallest absolute Gasteiger partial charge is 0.330 e. The summed E-state index contributed by atoms with van der Waals surface area (Å²) < 4.78 is 15.9. The second-order valence-electron chi connectivity index (χ2n) is 4.94. The molecule has 2 rings (SSSR count). The molecule has 0 saturated carbocycles. The van der Waals surface area contributed by atoms with Crippen molar-refractivity contribution in [1.29, 1.82) is 0 Å². The van der Waals surface area contributed by atoms with E-state index in [-0.39, 0.29) is 5.97 Å². The maximum absolute atomic E-state index is 11.3. The lowest BCUT2D eigenvalue weighted by Gasteiger charge is -2.11. The molecule has 6 nitrogen and oxygen atoms in total. The highest BCUT2D eigenvalue weighted by atomic mass is 16.5. The number of nitrogens with zero attached hydrogens (tertiary/aromatic N) is 2. The number of aryl methyl sites for hydroxylation is 1. The molecule has 0 amide bonds. The number of rotatable bonds is 7. The summed E-state index contributed by atoms with van der Waals surface area (Å²) in [4.78, 5) is 19.8. The molecule has 0 unspecified atom stereocenters. The Hall–Kier alpha value is -2.89. The Morgan fingerprint density at radius 1 is 1.25 bits per heavy atom. The summed E-state index contributed by atoms with van der Waals surface area (Å²) in [6.45, 7) is 4.28. The van der Waals surface area contributed by atoms with Crippen molar-refractivity contribution in [2.45, 2.75) is 20.5 Å². The Bertz CT molecular complexity index is 729. The van der Waals surface area contributed by atoms with Crippen LogP contribution in [0.1, 0.15) is 23.9 Å². The Labute approximate surface area is 141 Å². The molecule has 1 aromatic carbocycles. The molecule has 0 spiro atoms. The maximum atomic E-state index is 11.3. The van der Waals surface area contributed by atoms with Crippen molar-refractivity contribution < 1.29 is 19.0 Å². The van der Waals surface area contributed by atoms with E-state index in [1.807, 2.05) is 13.0 Å². The van der Waals surface area contributed by atoms with Gasteiger partial charge in [-0.3, -0.25) is 9.97 Å². The van der Waals surface area contributed by atoms with Crippen molar-refractivity contribution in [1.82, 2.24) is 9.97 Å². The van der Waals surface area contributed by atoms with Gasteiger partial charge in [-0.05, 0) is 37.6 Å². The zero-order valence-electron chi connectivity index (χ0n) is 14.0. The number of carbonyl (C=O) groups is 1. The van der Waals surface area contributed by atoms with E-state index in [4.69, 9.17) is 14.2 Å². The van der Waals surface area contributed by atoms with Gasteiger partial charge in [0.05, 0.1) is 31.3 Å². The number of esters is 1. The quantitative estimate of drug-likeness (QED) is 0.575. The minimum absolute atomic E-state index is 0.295. The van der Waals surface area contributed by atoms with Gasteiger partial charge in [0.1, 0.15) is 6.61 Å². The Kier molecular flexibility index (Phi) is 6.31. The van der Waals surface area contributed by atoms with Crippen molar-refractivity contribution in [2.24, 2.45) is 0 Å². The van der Waals surface area contributed by atoms with Crippen molar-refractivity contribution in [3.05, 3.63) is 53.6 Å². The topological polar surface area (TPSA) is 70.5 Å².